The first-order chi connectivity index (χ1) is 19.7. The lowest BCUT2D eigenvalue weighted by molar-refractivity contribution is 0.178. The fraction of sp³-hybridized carbons (Fsp3) is 0.345. The average Bonchev–Trinajstić information content (AvgIpc) is 2.97. The molecule has 3 N–H and O–H groups in total. The third-order valence-corrected chi connectivity index (χ3v) is 9.30. The molecule has 0 unspecified atom stereocenters. The number of likely N-dealkylation sites (tertiary alicyclic amines) is 1. The first-order valence-corrected chi connectivity index (χ1v) is 15.0. The van der Waals surface area contributed by atoms with Gasteiger partial charge in [-0.25, -0.2) is 17.8 Å². The fourth-order valence-electron chi connectivity index (χ4n) is 4.87. The number of piperidine rings is 1. The summed E-state index contributed by atoms with van der Waals surface area (Å²) in [5.74, 6) is 0.611. The summed E-state index contributed by atoms with van der Waals surface area (Å²) in [6.45, 7) is 6.14. The second-order valence-corrected chi connectivity index (χ2v) is 12.4. The summed E-state index contributed by atoms with van der Waals surface area (Å²) in [7, 11) is -1.98. The maximum atomic E-state index is 13.6. The van der Waals surface area contributed by atoms with E-state index in [-0.39, 0.29) is 16.8 Å². The Morgan fingerprint density at radius 1 is 1.05 bits per heavy atom. The monoisotopic (exact) mass is 578 g/mol. The van der Waals surface area contributed by atoms with Gasteiger partial charge >= 0.3 is 0 Å². The Hall–Kier alpha value is -3.87. The van der Waals surface area contributed by atoms with E-state index in [0.717, 1.165) is 50.3 Å². The highest BCUT2D eigenvalue weighted by molar-refractivity contribution is 7.89. The van der Waals surface area contributed by atoms with Gasteiger partial charge in [-0.05, 0) is 80.8 Å². The van der Waals surface area contributed by atoms with Crippen LogP contribution in [0.3, 0.4) is 0 Å². The Morgan fingerprint density at radius 2 is 1.78 bits per heavy atom. The first-order valence-electron chi connectivity index (χ1n) is 13.6. The molecule has 2 aliphatic rings. The average molecular weight is 579 g/mol. The van der Waals surface area contributed by atoms with E-state index < -0.39 is 10.0 Å². The van der Waals surface area contributed by atoms with Crippen LogP contribution in [0.15, 0.2) is 76.5 Å². The van der Waals surface area contributed by atoms with Crippen molar-refractivity contribution in [2.75, 3.05) is 37.3 Å². The molecule has 41 heavy (non-hydrogen) atoms. The molecule has 3 aromatic rings. The van der Waals surface area contributed by atoms with E-state index >= 15 is 0 Å². The van der Waals surface area contributed by atoms with Gasteiger partial charge in [0.05, 0.1) is 4.90 Å². The highest BCUT2D eigenvalue weighted by atomic mass is 32.2. The molecule has 2 aromatic carbocycles. The number of nitrogens with zero attached hydrogens (tertiary/aromatic N) is 5. The Kier molecular flexibility index (Phi) is 8.62. The van der Waals surface area contributed by atoms with Crippen LogP contribution in [0.1, 0.15) is 31.7 Å². The normalized spacial score (nSPS) is 16.6. The van der Waals surface area contributed by atoms with Crippen molar-refractivity contribution >= 4 is 38.9 Å². The molecule has 0 amide bonds. The zero-order chi connectivity index (χ0) is 29.0. The third-order valence-electron chi connectivity index (χ3n) is 7.37. The van der Waals surface area contributed by atoms with Crippen LogP contribution in [0.5, 0.6) is 0 Å². The number of anilines is 4. The van der Waals surface area contributed by atoms with Crippen LogP contribution >= 0.6 is 0 Å². The largest absolute Gasteiger partial charge is 0.340 e. The topological polar surface area (TPSA) is 115 Å². The summed E-state index contributed by atoms with van der Waals surface area (Å²) in [5.41, 5.74) is 7.16. The van der Waals surface area contributed by atoms with Gasteiger partial charge in [-0.15, -0.1) is 0 Å². The summed E-state index contributed by atoms with van der Waals surface area (Å²) in [6.07, 6.45) is 6.17. The number of benzene rings is 2. The summed E-state index contributed by atoms with van der Waals surface area (Å²) in [6, 6.07) is 13.0. The van der Waals surface area contributed by atoms with Crippen molar-refractivity contribution in [1.82, 2.24) is 24.6 Å². The second kappa shape index (κ2) is 12.3. The molecule has 0 aliphatic carbocycles. The molecule has 1 saturated heterocycles. The van der Waals surface area contributed by atoms with Crippen LogP contribution < -0.4 is 16.1 Å². The number of aryl methyl sites for hydroxylation is 1. The number of hydrazone groups is 1. The molecule has 1 fully saturated rings. The molecule has 216 valence electrons. The highest BCUT2D eigenvalue weighted by Crippen LogP contribution is 2.25. The molecule has 0 saturated carbocycles. The van der Waals surface area contributed by atoms with E-state index in [1.807, 2.05) is 6.92 Å². The van der Waals surface area contributed by atoms with Crippen molar-refractivity contribution in [3.8, 4) is 0 Å². The molecule has 0 spiro atoms. The Labute approximate surface area is 240 Å². The van der Waals surface area contributed by atoms with Gasteiger partial charge in [-0.3, -0.25) is 10.3 Å². The van der Waals surface area contributed by atoms with E-state index in [2.05, 4.69) is 42.1 Å². The van der Waals surface area contributed by atoms with Crippen molar-refractivity contribution in [1.29, 1.82) is 0 Å². The van der Waals surface area contributed by atoms with E-state index in [4.69, 9.17) is 0 Å². The maximum Gasteiger partial charge on any atom is 0.243 e. The molecule has 10 nitrogen and oxygen atoms in total. The van der Waals surface area contributed by atoms with Gasteiger partial charge < -0.3 is 10.6 Å². The molecule has 5 rings (SSSR count). The number of halogens is 1. The minimum atomic E-state index is -3.65. The van der Waals surface area contributed by atoms with Crippen LogP contribution in [0.2, 0.25) is 0 Å². The van der Waals surface area contributed by atoms with E-state index in [0.29, 0.717) is 28.7 Å². The SMILES string of the molecule is CC1=NNC(CN2CCC(N(C)S(=O)(=O)c3ccc(Nc4nccc(Nc5ccc(F)c(C)c5)n4)cc3)CC2)=CC1. The maximum absolute atomic E-state index is 13.6. The van der Waals surface area contributed by atoms with Gasteiger partial charge in [-0.2, -0.15) is 14.4 Å². The molecule has 1 aromatic heterocycles. The van der Waals surface area contributed by atoms with Gasteiger partial charge in [0.2, 0.25) is 16.0 Å². The van der Waals surface area contributed by atoms with Crippen LogP contribution in [-0.4, -0.2) is 66.0 Å². The van der Waals surface area contributed by atoms with E-state index in [1.54, 1.807) is 62.6 Å². The van der Waals surface area contributed by atoms with Crippen molar-refractivity contribution in [3.63, 3.8) is 0 Å². The number of allylic oxidation sites excluding steroid dienone is 1. The highest BCUT2D eigenvalue weighted by Gasteiger charge is 2.31. The zero-order valence-electron chi connectivity index (χ0n) is 23.4. The summed E-state index contributed by atoms with van der Waals surface area (Å²) in [4.78, 5) is 11.3. The Bertz CT molecular complexity index is 1550. The lowest BCUT2D eigenvalue weighted by Crippen LogP contribution is -2.46. The van der Waals surface area contributed by atoms with E-state index in [9.17, 15) is 12.8 Å². The van der Waals surface area contributed by atoms with Crippen molar-refractivity contribution in [2.24, 2.45) is 5.10 Å². The molecule has 0 radical (unpaired) electrons. The van der Waals surface area contributed by atoms with Crippen LogP contribution in [0.4, 0.5) is 27.5 Å². The molecule has 0 atom stereocenters. The number of rotatable bonds is 9. The molecule has 2 aliphatic heterocycles. The minimum Gasteiger partial charge on any atom is -0.340 e. The first kappa shape index (κ1) is 28.7. The van der Waals surface area contributed by atoms with Gasteiger partial charge in [-0.1, -0.05) is 6.08 Å². The molecule has 12 heteroatoms. The van der Waals surface area contributed by atoms with Crippen LogP contribution in [0, 0.1) is 12.7 Å². The smallest absolute Gasteiger partial charge is 0.243 e. The predicted molar refractivity (Wildman–Crippen MR) is 160 cm³/mol. The number of aromatic nitrogens is 2. The summed E-state index contributed by atoms with van der Waals surface area (Å²) in [5, 5.41) is 10.5. The molecular weight excluding hydrogens is 543 g/mol. The summed E-state index contributed by atoms with van der Waals surface area (Å²) < 4.78 is 41.9. The van der Waals surface area contributed by atoms with Crippen LogP contribution in [0.25, 0.3) is 0 Å². The van der Waals surface area contributed by atoms with Gasteiger partial charge in [0, 0.05) is 68.1 Å². The second-order valence-electron chi connectivity index (χ2n) is 10.4. The van der Waals surface area contributed by atoms with Gasteiger partial charge in [0.25, 0.3) is 0 Å². The van der Waals surface area contributed by atoms with Crippen molar-refractivity contribution in [3.05, 3.63) is 77.9 Å². The predicted octanol–water partition coefficient (Wildman–Crippen LogP) is 4.75. The standard InChI is InChI=1S/C29H35FN8O2S/c1-20-18-23(8-11-27(20)30)32-28-12-15-31-29(34-28)33-22-6-9-26(10-7-22)41(39,40)37(3)25-13-16-38(17-14-25)19-24-5-4-21(2)35-36-24/h5-12,15,18,25,36H,4,13-14,16-17,19H2,1-3H3,(H2,31,32,33,34). The zero-order valence-corrected chi connectivity index (χ0v) is 24.2. The van der Waals surface area contributed by atoms with Gasteiger partial charge in [0.15, 0.2) is 0 Å². The van der Waals surface area contributed by atoms with E-state index in [1.165, 1.54) is 10.4 Å². The lowest BCUT2D eigenvalue weighted by atomic mass is 10.1. The number of sulfonamides is 1. The molecular formula is C29H35FN8O2S. The summed E-state index contributed by atoms with van der Waals surface area (Å²) >= 11 is 0. The third kappa shape index (κ3) is 7.07. The number of nitrogens with one attached hydrogen (secondary N) is 3. The lowest BCUT2D eigenvalue weighted by Gasteiger charge is -2.36. The molecule has 0 bridgehead atoms. The van der Waals surface area contributed by atoms with Crippen LogP contribution in [-0.2, 0) is 10.0 Å². The quantitative estimate of drug-likeness (QED) is 0.333. The van der Waals surface area contributed by atoms with Crippen molar-refractivity contribution < 1.29 is 12.8 Å². The number of hydrogen-bond donors (Lipinski definition) is 3. The Morgan fingerprint density at radius 3 is 2.46 bits per heavy atom. The minimum absolute atomic E-state index is 0.0591. The number of hydrogen-bond acceptors (Lipinski definition) is 9. The molecule has 3 heterocycles. The van der Waals surface area contributed by atoms with Gasteiger partial charge in [0.1, 0.15) is 11.6 Å². The fourth-order valence-corrected chi connectivity index (χ4v) is 6.29. The Balaban J connectivity index is 1.16. The van der Waals surface area contributed by atoms with Crippen molar-refractivity contribution in [2.45, 2.75) is 44.0 Å².